The molecule has 0 aromatic heterocycles. The number of carbonyl (C=O) groups excluding carboxylic acids is 3. The second-order valence-corrected chi connectivity index (χ2v) is 3.70. The van der Waals surface area contributed by atoms with Crippen LogP contribution in [0.2, 0.25) is 0 Å². The number of primary amides is 1. The number of hydrogen-bond acceptors (Lipinski definition) is 4. The summed E-state index contributed by atoms with van der Waals surface area (Å²) in [5, 5.41) is 2.43. The number of ether oxygens (including phenoxy) is 1. The fourth-order valence-corrected chi connectivity index (χ4v) is 1.42. The Labute approximate surface area is 104 Å². The van der Waals surface area contributed by atoms with Gasteiger partial charge in [-0.2, -0.15) is 0 Å². The molecule has 1 aromatic rings. The molecule has 0 aliphatic rings. The first-order valence-electron chi connectivity index (χ1n) is 5.25. The number of nitrogens with one attached hydrogen (secondary N) is 1. The smallest absolute Gasteiger partial charge is 0.308 e. The van der Waals surface area contributed by atoms with Crippen molar-refractivity contribution in [2.75, 3.05) is 0 Å². The summed E-state index contributed by atoms with van der Waals surface area (Å²) in [6, 6.07) is 5.27. The molecule has 0 saturated carbocycles. The molecular formula is C12H14N2O4. The van der Waals surface area contributed by atoms with Crippen LogP contribution in [0.5, 0.6) is 5.75 Å². The molecule has 1 unspecified atom stereocenters. The lowest BCUT2D eigenvalue weighted by Crippen LogP contribution is -2.36. The standard InChI is InChI=1S/C12H14N2O4/c1-7(15)14-11(12(13)17)9-3-5-10(6-4-9)18-8(2)16/h3-6,11H,1-2H3,(H2,13,17)(H,14,15). The molecule has 2 amide bonds. The van der Waals surface area contributed by atoms with E-state index >= 15 is 0 Å². The summed E-state index contributed by atoms with van der Waals surface area (Å²) in [5.74, 6) is -1.10. The van der Waals surface area contributed by atoms with Crippen molar-refractivity contribution in [1.29, 1.82) is 0 Å². The Hall–Kier alpha value is -2.37. The van der Waals surface area contributed by atoms with Crippen LogP contribution in [-0.2, 0) is 14.4 Å². The zero-order valence-electron chi connectivity index (χ0n) is 10.1. The second kappa shape index (κ2) is 5.81. The zero-order chi connectivity index (χ0) is 13.7. The van der Waals surface area contributed by atoms with Crippen molar-refractivity contribution in [3.8, 4) is 5.75 Å². The van der Waals surface area contributed by atoms with Crippen LogP contribution in [0.25, 0.3) is 0 Å². The molecule has 0 aliphatic heterocycles. The van der Waals surface area contributed by atoms with Crippen LogP contribution in [0, 0.1) is 0 Å². The normalized spacial score (nSPS) is 11.4. The minimum atomic E-state index is -0.895. The summed E-state index contributed by atoms with van der Waals surface area (Å²) >= 11 is 0. The highest BCUT2D eigenvalue weighted by Gasteiger charge is 2.18. The highest BCUT2D eigenvalue weighted by Crippen LogP contribution is 2.18. The van der Waals surface area contributed by atoms with Gasteiger partial charge < -0.3 is 15.8 Å². The van der Waals surface area contributed by atoms with E-state index in [1.165, 1.54) is 26.0 Å². The van der Waals surface area contributed by atoms with Gasteiger partial charge in [-0.3, -0.25) is 14.4 Å². The third-order valence-electron chi connectivity index (χ3n) is 2.11. The number of esters is 1. The van der Waals surface area contributed by atoms with Gasteiger partial charge in [-0.25, -0.2) is 0 Å². The van der Waals surface area contributed by atoms with Gasteiger partial charge in [-0.15, -0.1) is 0 Å². The SMILES string of the molecule is CC(=O)NC(C(N)=O)c1ccc(OC(C)=O)cc1. The molecule has 0 heterocycles. The van der Waals surface area contributed by atoms with Crippen molar-refractivity contribution in [3.05, 3.63) is 29.8 Å². The Kier molecular flexibility index (Phi) is 4.42. The molecule has 0 aliphatic carbocycles. The predicted octanol–water partition coefficient (Wildman–Crippen LogP) is 0.274. The highest BCUT2D eigenvalue weighted by molar-refractivity contribution is 5.86. The van der Waals surface area contributed by atoms with Gasteiger partial charge in [0.2, 0.25) is 11.8 Å². The summed E-state index contributed by atoms with van der Waals surface area (Å²) in [5.41, 5.74) is 5.72. The number of hydrogen-bond donors (Lipinski definition) is 2. The van der Waals surface area contributed by atoms with E-state index in [2.05, 4.69) is 5.32 Å². The Morgan fingerprint density at radius 3 is 2.11 bits per heavy atom. The average molecular weight is 250 g/mol. The van der Waals surface area contributed by atoms with Crippen LogP contribution in [0.15, 0.2) is 24.3 Å². The van der Waals surface area contributed by atoms with Crippen molar-refractivity contribution >= 4 is 17.8 Å². The molecule has 0 spiro atoms. The first-order valence-corrected chi connectivity index (χ1v) is 5.25. The molecule has 6 nitrogen and oxygen atoms in total. The molecule has 0 fully saturated rings. The van der Waals surface area contributed by atoms with E-state index in [-0.39, 0.29) is 5.91 Å². The van der Waals surface area contributed by atoms with Crippen LogP contribution >= 0.6 is 0 Å². The topological polar surface area (TPSA) is 98.5 Å². The van der Waals surface area contributed by atoms with E-state index in [1.54, 1.807) is 12.1 Å². The number of rotatable bonds is 4. The number of benzene rings is 1. The average Bonchev–Trinajstić information content (AvgIpc) is 2.26. The lowest BCUT2D eigenvalue weighted by atomic mass is 10.1. The summed E-state index contributed by atoms with van der Waals surface area (Å²) in [4.78, 5) is 32.9. The molecule has 1 atom stereocenters. The molecule has 1 aromatic carbocycles. The molecule has 0 radical (unpaired) electrons. The fourth-order valence-electron chi connectivity index (χ4n) is 1.42. The fraction of sp³-hybridized carbons (Fsp3) is 0.250. The van der Waals surface area contributed by atoms with E-state index in [4.69, 9.17) is 10.5 Å². The lowest BCUT2D eigenvalue weighted by molar-refractivity contribution is -0.131. The Morgan fingerprint density at radius 2 is 1.72 bits per heavy atom. The van der Waals surface area contributed by atoms with Gasteiger partial charge >= 0.3 is 5.97 Å². The maximum Gasteiger partial charge on any atom is 0.308 e. The van der Waals surface area contributed by atoms with Crippen molar-refractivity contribution in [3.63, 3.8) is 0 Å². The van der Waals surface area contributed by atoms with Crippen molar-refractivity contribution < 1.29 is 19.1 Å². The summed E-state index contributed by atoms with van der Waals surface area (Å²) in [6.07, 6.45) is 0. The Balaban J connectivity index is 2.90. The van der Waals surface area contributed by atoms with Crippen LogP contribution in [0.1, 0.15) is 25.5 Å². The number of amides is 2. The van der Waals surface area contributed by atoms with E-state index in [1.807, 2.05) is 0 Å². The van der Waals surface area contributed by atoms with Gasteiger partial charge in [0.1, 0.15) is 11.8 Å². The Morgan fingerprint density at radius 1 is 1.17 bits per heavy atom. The van der Waals surface area contributed by atoms with Crippen LogP contribution in [-0.4, -0.2) is 17.8 Å². The van der Waals surface area contributed by atoms with E-state index in [9.17, 15) is 14.4 Å². The highest BCUT2D eigenvalue weighted by atomic mass is 16.5. The van der Waals surface area contributed by atoms with Crippen molar-refractivity contribution in [2.24, 2.45) is 5.73 Å². The van der Waals surface area contributed by atoms with E-state index < -0.39 is 17.9 Å². The molecular weight excluding hydrogens is 236 g/mol. The Bertz CT molecular complexity index is 467. The van der Waals surface area contributed by atoms with E-state index in [0.717, 1.165) is 0 Å². The van der Waals surface area contributed by atoms with Crippen LogP contribution in [0.3, 0.4) is 0 Å². The third kappa shape index (κ3) is 3.89. The maximum atomic E-state index is 11.2. The minimum absolute atomic E-state index is 0.358. The summed E-state index contributed by atoms with van der Waals surface area (Å²) in [7, 11) is 0. The molecule has 18 heavy (non-hydrogen) atoms. The quantitative estimate of drug-likeness (QED) is 0.592. The number of nitrogens with two attached hydrogens (primary N) is 1. The first kappa shape index (κ1) is 13.7. The van der Waals surface area contributed by atoms with Gasteiger partial charge in [-0.1, -0.05) is 12.1 Å². The van der Waals surface area contributed by atoms with E-state index in [0.29, 0.717) is 11.3 Å². The molecule has 96 valence electrons. The number of carbonyl (C=O) groups is 3. The molecule has 1 rings (SSSR count). The van der Waals surface area contributed by atoms with Crippen molar-refractivity contribution in [1.82, 2.24) is 5.32 Å². The largest absolute Gasteiger partial charge is 0.427 e. The second-order valence-electron chi connectivity index (χ2n) is 3.70. The van der Waals surface area contributed by atoms with Gasteiger partial charge in [0, 0.05) is 13.8 Å². The molecule has 3 N–H and O–H groups in total. The van der Waals surface area contributed by atoms with Gasteiger partial charge in [-0.05, 0) is 17.7 Å². The van der Waals surface area contributed by atoms with Crippen LogP contribution in [0.4, 0.5) is 0 Å². The molecule has 6 heteroatoms. The molecule has 0 saturated heterocycles. The van der Waals surface area contributed by atoms with Crippen LogP contribution < -0.4 is 15.8 Å². The van der Waals surface area contributed by atoms with Crippen molar-refractivity contribution in [2.45, 2.75) is 19.9 Å². The zero-order valence-corrected chi connectivity index (χ0v) is 10.1. The summed E-state index contributed by atoms with van der Waals surface area (Å²) in [6.45, 7) is 2.58. The van der Waals surface area contributed by atoms with Gasteiger partial charge in [0.25, 0.3) is 0 Å². The van der Waals surface area contributed by atoms with Gasteiger partial charge in [0.05, 0.1) is 0 Å². The first-order chi connectivity index (χ1) is 8.40. The minimum Gasteiger partial charge on any atom is -0.427 e. The molecule has 0 bridgehead atoms. The predicted molar refractivity (Wildman–Crippen MR) is 63.5 cm³/mol. The monoisotopic (exact) mass is 250 g/mol. The lowest BCUT2D eigenvalue weighted by Gasteiger charge is -2.14. The van der Waals surface area contributed by atoms with Gasteiger partial charge in [0.15, 0.2) is 0 Å². The maximum absolute atomic E-state index is 11.2. The third-order valence-corrected chi connectivity index (χ3v) is 2.11. The summed E-state index contributed by atoms with van der Waals surface area (Å²) < 4.78 is 4.85.